The molecule has 0 aliphatic heterocycles. The Morgan fingerprint density at radius 2 is 1.82 bits per heavy atom. The standard InChI is InChI=1S/C16H19N2O3P/c1-12-4-3-5-15(17-12)9-6-14-7-10-16(11-8-14)18-13(2)22(19,20)21/h3-11,13,18H,1-2H3,(H2,19,20,21). The minimum atomic E-state index is -4.12. The summed E-state index contributed by atoms with van der Waals surface area (Å²) < 4.78 is 11.1. The SMILES string of the molecule is Cc1cccc(C=Cc2ccc(NC(C)P(=O)(O)O)cc2)n1. The third kappa shape index (κ3) is 4.81. The molecule has 0 bridgehead atoms. The van der Waals surface area contributed by atoms with Crippen molar-refractivity contribution in [2.24, 2.45) is 0 Å². The van der Waals surface area contributed by atoms with Crippen molar-refractivity contribution >= 4 is 25.4 Å². The number of pyridine rings is 1. The number of nitrogens with one attached hydrogen (secondary N) is 1. The number of hydrogen-bond donors (Lipinski definition) is 3. The Labute approximate surface area is 129 Å². The molecule has 0 aliphatic carbocycles. The minimum absolute atomic E-state index is 0.668. The van der Waals surface area contributed by atoms with Gasteiger partial charge in [0.2, 0.25) is 0 Å². The van der Waals surface area contributed by atoms with Crippen molar-refractivity contribution in [3.63, 3.8) is 0 Å². The number of anilines is 1. The molecule has 1 atom stereocenters. The van der Waals surface area contributed by atoms with Gasteiger partial charge in [-0.15, -0.1) is 0 Å². The fourth-order valence-electron chi connectivity index (χ4n) is 1.85. The molecule has 5 nitrogen and oxygen atoms in total. The molecule has 0 saturated carbocycles. The molecule has 0 amide bonds. The summed E-state index contributed by atoms with van der Waals surface area (Å²) in [5.74, 6) is -0.912. The smallest absolute Gasteiger partial charge is 0.347 e. The van der Waals surface area contributed by atoms with E-state index in [1.165, 1.54) is 6.92 Å². The zero-order chi connectivity index (χ0) is 16.2. The molecule has 1 unspecified atom stereocenters. The molecular formula is C16H19N2O3P. The van der Waals surface area contributed by atoms with Crippen molar-refractivity contribution in [1.29, 1.82) is 0 Å². The monoisotopic (exact) mass is 318 g/mol. The highest BCUT2D eigenvalue weighted by atomic mass is 31.2. The van der Waals surface area contributed by atoms with Gasteiger partial charge in [-0.2, -0.15) is 0 Å². The average Bonchev–Trinajstić information content (AvgIpc) is 2.45. The van der Waals surface area contributed by atoms with E-state index in [9.17, 15) is 4.57 Å². The fourth-order valence-corrected chi connectivity index (χ4v) is 2.17. The lowest BCUT2D eigenvalue weighted by Gasteiger charge is -2.16. The van der Waals surface area contributed by atoms with Gasteiger partial charge >= 0.3 is 7.60 Å². The molecule has 1 aromatic carbocycles. The second-order valence-electron chi connectivity index (χ2n) is 5.07. The lowest BCUT2D eigenvalue weighted by Crippen LogP contribution is -2.14. The van der Waals surface area contributed by atoms with Gasteiger partial charge in [-0.3, -0.25) is 9.55 Å². The first-order valence-electron chi connectivity index (χ1n) is 6.88. The Balaban J connectivity index is 2.04. The Hall–Kier alpha value is -1.94. The maximum atomic E-state index is 11.1. The molecule has 2 rings (SSSR count). The van der Waals surface area contributed by atoms with E-state index in [-0.39, 0.29) is 0 Å². The predicted molar refractivity (Wildman–Crippen MR) is 89.5 cm³/mol. The molecule has 0 radical (unpaired) electrons. The molecule has 1 aromatic heterocycles. The second kappa shape index (κ2) is 6.88. The Bertz CT molecular complexity index is 708. The van der Waals surface area contributed by atoms with Gasteiger partial charge in [0, 0.05) is 11.4 Å². The fraction of sp³-hybridized carbons (Fsp3) is 0.188. The van der Waals surface area contributed by atoms with Crippen LogP contribution in [-0.4, -0.2) is 20.6 Å². The summed E-state index contributed by atoms with van der Waals surface area (Å²) in [6, 6.07) is 13.2. The maximum Gasteiger partial charge on any atom is 0.347 e. The van der Waals surface area contributed by atoms with Crippen LogP contribution in [0, 0.1) is 6.92 Å². The first kappa shape index (κ1) is 16.4. The molecule has 0 saturated heterocycles. The quantitative estimate of drug-likeness (QED) is 0.735. The van der Waals surface area contributed by atoms with Crippen LogP contribution in [0.3, 0.4) is 0 Å². The predicted octanol–water partition coefficient (Wildman–Crippen LogP) is 3.50. The molecule has 0 aliphatic rings. The zero-order valence-corrected chi connectivity index (χ0v) is 13.4. The summed E-state index contributed by atoms with van der Waals surface area (Å²) in [5, 5.41) is 2.79. The minimum Gasteiger partial charge on any atom is -0.372 e. The van der Waals surface area contributed by atoms with Gasteiger partial charge in [-0.25, -0.2) is 0 Å². The normalized spacial score (nSPS) is 13.3. The van der Waals surface area contributed by atoms with E-state index >= 15 is 0 Å². The highest BCUT2D eigenvalue weighted by molar-refractivity contribution is 7.52. The van der Waals surface area contributed by atoms with E-state index in [2.05, 4.69) is 10.3 Å². The first-order chi connectivity index (χ1) is 10.3. The summed E-state index contributed by atoms with van der Waals surface area (Å²) >= 11 is 0. The van der Waals surface area contributed by atoms with Crippen LogP contribution in [0.1, 0.15) is 23.9 Å². The van der Waals surface area contributed by atoms with Crippen LogP contribution in [0.4, 0.5) is 5.69 Å². The molecule has 0 spiro atoms. The summed E-state index contributed by atoms with van der Waals surface area (Å²) in [4.78, 5) is 22.5. The number of aryl methyl sites for hydroxylation is 1. The topological polar surface area (TPSA) is 82.5 Å². The van der Waals surface area contributed by atoms with Crippen molar-refractivity contribution in [2.75, 3.05) is 5.32 Å². The molecule has 116 valence electrons. The Kier molecular flexibility index (Phi) is 5.14. The number of nitrogens with zero attached hydrogens (tertiary/aromatic N) is 1. The Morgan fingerprint density at radius 3 is 2.41 bits per heavy atom. The number of rotatable bonds is 5. The molecular weight excluding hydrogens is 299 g/mol. The molecule has 6 heteroatoms. The van der Waals surface area contributed by atoms with E-state index < -0.39 is 13.4 Å². The maximum absolute atomic E-state index is 11.1. The van der Waals surface area contributed by atoms with Crippen molar-refractivity contribution in [3.05, 3.63) is 59.4 Å². The third-order valence-electron chi connectivity index (χ3n) is 3.15. The summed E-state index contributed by atoms with van der Waals surface area (Å²) in [7, 11) is -4.12. The van der Waals surface area contributed by atoms with Gasteiger partial charge in [0.05, 0.1) is 5.69 Å². The number of hydrogen-bond acceptors (Lipinski definition) is 3. The van der Waals surface area contributed by atoms with E-state index in [0.29, 0.717) is 5.69 Å². The van der Waals surface area contributed by atoms with Gasteiger partial charge in [0.1, 0.15) is 5.78 Å². The molecule has 3 N–H and O–H groups in total. The van der Waals surface area contributed by atoms with Crippen LogP contribution in [0.15, 0.2) is 42.5 Å². The molecule has 0 fully saturated rings. The largest absolute Gasteiger partial charge is 0.372 e. The summed E-state index contributed by atoms with van der Waals surface area (Å²) in [5.41, 5.74) is 3.50. The number of benzene rings is 1. The van der Waals surface area contributed by atoms with E-state index in [1.807, 2.05) is 49.4 Å². The van der Waals surface area contributed by atoms with Crippen molar-refractivity contribution in [1.82, 2.24) is 4.98 Å². The summed E-state index contributed by atoms with van der Waals surface area (Å²) in [6.45, 7) is 3.40. The lowest BCUT2D eigenvalue weighted by molar-refractivity contribution is 0.364. The summed E-state index contributed by atoms with van der Waals surface area (Å²) in [6.07, 6.45) is 3.87. The van der Waals surface area contributed by atoms with Gasteiger partial charge in [0.25, 0.3) is 0 Å². The van der Waals surface area contributed by atoms with Crippen LogP contribution in [0.5, 0.6) is 0 Å². The zero-order valence-electron chi connectivity index (χ0n) is 12.5. The van der Waals surface area contributed by atoms with Crippen molar-refractivity contribution < 1.29 is 14.4 Å². The number of aromatic nitrogens is 1. The van der Waals surface area contributed by atoms with Crippen LogP contribution in [-0.2, 0) is 4.57 Å². The van der Waals surface area contributed by atoms with Gasteiger partial charge in [0.15, 0.2) is 0 Å². The molecule has 2 aromatic rings. The Morgan fingerprint density at radius 1 is 1.14 bits per heavy atom. The first-order valence-corrected chi connectivity index (χ1v) is 8.56. The molecule has 1 heterocycles. The van der Waals surface area contributed by atoms with E-state index in [1.54, 1.807) is 12.1 Å². The highest BCUT2D eigenvalue weighted by Crippen LogP contribution is 2.40. The van der Waals surface area contributed by atoms with Gasteiger partial charge < -0.3 is 15.1 Å². The van der Waals surface area contributed by atoms with Crippen LogP contribution in [0.25, 0.3) is 12.2 Å². The van der Waals surface area contributed by atoms with Crippen LogP contribution >= 0.6 is 7.60 Å². The van der Waals surface area contributed by atoms with Crippen molar-refractivity contribution in [3.8, 4) is 0 Å². The van der Waals surface area contributed by atoms with Gasteiger partial charge in [-0.05, 0) is 49.8 Å². The van der Waals surface area contributed by atoms with Crippen LogP contribution in [0.2, 0.25) is 0 Å². The lowest BCUT2D eigenvalue weighted by atomic mass is 10.1. The second-order valence-corrected chi connectivity index (χ2v) is 7.02. The van der Waals surface area contributed by atoms with Crippen molar-refractivity contribution in [2.45, 2.75) is 19.6 Å². The third-order valence-corrected chi connectivity index (χ3v) is 4.29. The van der Waals surface area contributed by atoms with Crippen LogP contribution < -0.4 is 5.32 Å². The van der Waals surface area contributed by atoms with E-state index in [0.717, 1.165) is 17.0 Å². The van der Waals surface area contributed by atoms with Gasteiger partial charge in [-0.1, -0.05) is 24.3 Å². The average molecular weight is 318 g/mol. The van der Waals surface area contributed by atoms with E-state index in [4.69, 9.17) is 9.79 Å². The molecule has 22 heavy (non-hydrogen) atoms. The highest BCUT2D eigenvalue weighted by Gasteiger charge is 2.23.